The lowest BCUT2D eigenvalue weighted by Crippen LogP contribution is -2.23. The number of rotatable bonds is 9. The molecule has 5 nitrogen and oxygen atoms in total. The Morgan fingerprint density at radius 1 is 0.971 bits per heavy atom. The summed E-state index contributed by atoms with van der Waals surface area (Å²) in [6, 6.07) is 24.7. The number of nitrogens with one attached hydrogen (secondary N) is 1. The molecule has 0 amide bonds. The molecule has 0 spiro atoms. The Morgan fingerprint density at radius 2 is 1.76 bits per heavy atom. The third-order valence-electron chi connectivity index (χ3n) is 5.58. The van der Waals surface area contributed by atoms with Crippen molar-refractivity contribution in [3.05, 3.63) is 107 Å². The number of carbonyl (C=O) groups excluding carboxylic acids is 1. The van der Waals surface area contributed by atoms with E-state index >= 15 is 0 Å². The van der Waals surface area contributed by atoms with Crippen molar-refractivity contribution in [2.75, 3.05) is 20.3 Å². The molecule has 0 atom stereocenters. The summed E-state index contributed by atoms with van der Waals surface area (Å²) in [5.74, 6) is 0. The molecule has 1 heterocycles. The highest BCUT2D eigenvalue weighted by atomic mass is 35.5. The summed E-state index contributed by atoms with van der Waals surface area (Å²) in [5, 5.41) is 1.93. The van der Waals surface area contributed by atoms with Crippen LogP contribution in [0.1, 0.15) is 11.1 Å². The molecular weight excluding hydrogens is 448 g/mol. The van der Waals surface area contributed by atoms with E-state index in [0.29, 0.717) is 6.54 Å². The van der Waals surface area contributed by atoms with Gasteiger partial charge in [-0.3, -0.25) is 4.90 Å². The highest BCUT2D eigenvalue weighted by molar-refractivity contribution is 6.30. The molecule has 4 rings (SSSR count). The van der Waals surface area contributed by atoms with Crippen molar-refractivity contribution in [2.45, 2.75) is 13.1 Å². The van der Waals surface area contributed by atoms with Gasteiger partial charge in [-0.15, -0.1) is 0 Å². The molecular formula is C28H27ClN2O3. The largest absolute Gasteiger partial charge is 0.508 e. The van der Waals surface area contributed by atoms with Gasteiger partial charge in [0.25, 0.3) is 0 Å². The van der Waals surface area contributed by atoms with Crippen LogP contribution in [0.15, 0.2) is 91.1 Å². The number of fused-ring (bicyclic) bond motifs is 1. The number of methoxy groups -OCH3 is 1. The van der Waals surface area contributed by atoms with Crippen LogP contribution in [0.2, 0.25) is 5.02 Å². The monoisotopic (exact) mass is 474 g/mol. The van der Waals surface area contributed by atoms with Crippen LogP contribution < -0.4 is 0 Å². The first-order valence-electron chi connectivity index (χ1n) is 11.1. The van der Waals surface area contributed by atoms with Gasteiger partial charge in [-0.05, 0) is 41.0 Å². The van der Waals surface area contributed by atoms with E-state index in [0.717, 1.165) is 34.8 Å². The molecule has 0 aliphatic heterocycles. The van der Waals surface area contributed by atoms with Crippen LogP contribution in [-0.2, 0) is 22.6 Å². The molecule has 1 aromatic heterocycles. The summed E-state index contributed by atoms with van der Waals surface area (Å²) in [7, 11) is 1.30. The van der Waals surface area contributed by atoms with Gasteiger partial charge in [0.15, 0.2) is 0 Å². The molecule has 1 N–H and O–H groups in total. The molecule has 34 heavy (non-hydrogen) atoms. The average molecular weight is 475 g/mol. The van der Waals surface area contributed by atoms with Crippen LogP contribution >= 0.6 is 11.6 Å². The lowest BCUT2D eigenvalue weighted by Gasteiger charge is -2.22. The summed E-state index contributed by atoms with van der Waals surface area (Å²) < 4.78 is 9.46. The summed E-state index contributed by atoms with van der Waals surface area (Å²) >= 11 is 6.11. The van der Waals surface area contributed by atoms with Crippen molar-refractivity contribution >= 4 is 28.7 Å². The number of ether oxygens (including phenoxy) is 2. The topological polar surface area (TPSA) is 54.6 Å². The minimum absolute atomic E-state index is 0.181. The van der Waals surface area contributed by atoms with Gasteiger partial charge in [0.05, 0.1) is 7.11 Å². The second-order valence-electron chi connectivity index (χ2n) is 7.94. The van der Waals surface area contributed by atoms with Gasteiger partial charge < -0.3 is 14.5 Å². The average Bonchev–Trinajstić information content (AvgIpc) is 3.30. The molecule has 0 radical (unpaired) electrons. The van der Waals surface area contributed by atoms with Crippen LogP contribution in [0.4, 0.5) is 4.79 Å². The standard InChI is InChI=1S/C28H27ClN2O3/c1-33-28(32)34-17-6-5-16-31(19-21-8-3-2-4-9-21)20-23-10-7-11-26-27(23)25(18-30-26)22-12-14-24(29)15-13-22/h2-15,18,30H,16-17,19-20H2,1H3/b6-5+. The predicted molar refractivity (Wildman–Crippen MR) is 137 cm³/mol. The number of halogens is 1. The lowest BCUT2D eigenvalue weighted by atomic mass is 10.00. The minimum Gasteiger partial charge on any atom is -0.438 e. The third-order valence-corrected chi connectivity index (χ3v) is 5.84. The van der Waals surface area contributed by atoms with Gasteiger partial charge in [-0.2, -0.15) is 0 Å². The fourth-order valence-corrected chi connectivity index (χ4v) is 4.11. The minimum atomic E-state index is -0.681. The second kappa shape index (κ2) is 11.5. The van der Waals surface area contributed by atoms with E-state index in [4.69, 9.17) is 16.3 Å². The van der Waals surface area contributed by atoms with Gasteiger partial charge in [-0.25, -0.2) is 4.79 Å². The van der Waals surface area contributed by atoms with Gasteiger partial charge in [0.1, 0.15) is 6.61 Å². The first-order valence-corrected chi connectivity index (χ1v) is 11.5. The summed E-state index contributed by atoms with van der Waals surface area (Å²) in [6.45, 7) is 2.43. The van der Waals surface area contributed by atoms with E-state index in [-0.39, 0.29) is 6.61 Å². The van der Waals surface area contributed by atoms with E-state index in [1.165, 1.54) is 23.6 Å². The first-order chi connectivity index (χ1) is 16.6. The fourth-order valence-electron chi connectivity index (χ4n) is 3.98. The Morgan fingerprint density at radius 3 is 2.53 bits per heavy atom. The predicted octanol–water partition coefficient (Wildman–Crippen LogP) is 6.83. The molecule has 0 fully saturated rings. The maximum atomic E-state index is 11.2. The molecule has 3 aromatic carbocycles. The molecule has 0 saturated heterocycles. The Kier molecular flexibility index (Phi) is 8.02. The van der Waals surface area contributed by atoms with Crippen LogP contribution in [0.25, 0.3) is 22.0 Å². The summed E-state index contributed by atoms with van der Waals surface area (Å²) in [5.41, 5.74) is 5.85. The Labute approximate surface area is 204 Å². The number of carbonyl (C=O) groups is 1. The zero-order chi connectivity index (χ0) is 23.8. The molecule has 0 aliphatic carbocycles. The number of aromatic amines is 1. The van der Waals surface area contributed by atoms with Crippen molar-refractivity contribution in [2.24, 2.45) is 0 Å². The third kappa shape index (κ3) is 6.07. The molecule has 174 valence electrons. The summed E-state index contributed by atoms with van der Waals surface area (Å²) in [6.07, 6.45) is 5.23. The highest BCUT2D eigenvalue weighted by Crippen LogP contribution is 2.32. The van der Waals surface area contributed by atoms with E-state index in [1.807, 2.05) is 42.5 Å². The number of hydrogen-bond acceptors (Lipinski definition) is 4. The zero-order valence-corrected chi connectivity index (χ0v) is 19.8. The van der Waals surface area contributed by atoms with Crippen molar-refractivity contribution in [3.8, 4) is 11.1 Å². The maximum absolute atomic E-state index is 11.2. The Hall–Kier alpha value is -3.54. The lowest BCUT2D eigenvalue weighted by molar-refractivity contribution is 0.0817. The number of nitrogens with zero attached hydrogens (tertiary/aromatic N) is 1. The van der Waals surface area contributed by atoms with Crippen LogP contribution in [0.5, 0.6) is 0 Å². The number of hydrogen-bond donors (Lipinski definition) is 1. The molecule has 4 aromatic rings. The number of benzene rings is 3. The van der Waals surface area contributed by atoms with Gasteiger partial charge in [0.2, 0.25) is 0 Å². The number of H-pyrrole nitrogens is 1. The van der Waals surface area contributed by atoms with Crippen molar-refractivity contribution in [3.63, 3.8) is 0 Å². The highest BCUT2D eigenvalue weighted by Gasteiger charge is 2.14. The second-order valence-corrected chi connectivity index (χ2v) is 8.38. The molecule has 6 heteroatoms. The van der Waals surface area contributed by atoms with Gasteiger partial charge in [0, 0.05) is 47.3 Å². The first kappa shape index (κ1) is 23.6. The molecule has 0 bridgehead atoms. The zero-order valence-electron chi connectivity index (χ0n) is 19.0. The SMILES string of the molecule is COC(=O)OC/C=C/CN(Cc1ccccc1)Cc1cccc2[nH]cc(-c3ccc(Cl)cc3)c12. The van der Waals surface area contributed by atoms with E-state index < -0.39 is 6.16 Å². The normalized spacial score (nSPS) is 11.4. The smallest absolute Gasteiger partial charge is 0.438 e. The van der Waals surface area contributed by atoms with Crippen molar-refractivity contribution in [1.29, 1.82) is 0 Å². The summed E-state index contributed by atoms with van der Waals surface area (Å²) in [4.78, 5) is 16.9. The molecule has 0 unspecified atom stereocenters. The van der Waals surface area contributed by atoms with Crippen LogP contribution in [0, 0.1) is 0 Å². The Balaban J connectivity index is 1.59. The molecule has 0 aliphatic rings. The maximum Gasteiger partial charge on any atom is 0.508 e. The Bertz CT molecular complexity index is 1250. The number of aromatic nitrogens is 1. The van der Waals surface area contributed by atoms with E-state index in [2.05, 4.69) is 63.3 Å². The van der Waals surface area contributed by atoms with Gasteiger partial charge in [-0.1, -0.05) is 72.3 Å². The van der Waals surface area contributed by atoms with Crippen LogP contribution in [-0.4, -0.2) is 36.3 Å². The van der Waals surface area contributed by atoms with Crippen LogP contribution in [0.3, 0.4) is 0 Å². The quantitative estimate of drug-likeness (QED) is 0.213. The van der Waals surface area contributed by atoms with Crippen molar-refractivity contribution < 1.29 is 14.3 Å². The van der Waals surface area contributed by atoms with Gasteiger partial charge >= 0.3 is 6.16 Å². The fraction of sp³-hybridized carbons (Fsp3) is 0.179. The van der Waals surface area contributed by atoms with E-state index in [1.54, 1.807) is 0 Å². The van der Waals surface area contributed by atoms with Crippen molar-refractivity contribution in [1.82, 2.24) is 9.88 Å². The molecule has 0 saturated carbocycles. The van der Waals surface area contributed by atoms with E-state index in [9.17, 15) is 4.79 Å².